The van der Waals surface area contributed by atoms with Crippen LogP contribution in [0.15, 0.2) is 53.7 Å². The first-order chi connectivity index (χ1) is 13.1. The molecule has 0 N–H and O–H groups in total. The molecule has 3 aromatic rings. The Kier molecular flexibility index (Phi) is 4.68. The highest BCUT2D eigenvalue weighted by molar-refractivity contribution is 6.30. The number of nitrogens with zero attached hydrogens (tertiary/aromatic N) is 5. The molecule has 2 aromatic heterocycles. The fourth-order valence-corrected chi connectivity index (χ4v) is 3.21. The summed E-state index contributed by atoms with van der Waals surface area (Å²) in [6.45, 7) is 1.37. The maximum absolute atomic E-state index is 12.7. The van der Waals surface area contributed by atoms with Gasteiger partial charge in [0, 0.05) is 35.9 Å². The number of fused-ring (bicyclic) bond motifs is 1. The topological polar surface area (TPSA) is 81.0 Å². The molecule has 0 amide bonds. The summed E-state index contributed by atoms with van der Waals surface area (Å²) in [6, 6.07) is 9.95. The van der Waals surface area contributed by atoms with E-state index in [-0.39, 0.29) is 17.9 Å². The zero-order valence-corrected chi connectivity index (χ0v) is 15.1. The van der Waals surface area contributed by atoms with Crippen LogP contribution in [0.1, 0.15) is 16.8 Å². The largest absolute Gasteiger partial charge is 0.334 e. The quantitative estimate of drug-likeness (QED) is 0.646. The third-order valence-electron chi connectivity index (χ3n) is 4.43. The van der Waals surface area contributed by atoms with Crippen LogP contribution in [0, 0.1) is 0 Å². The van der Waals surface area contributed by atoms with E-state index in [9.17, 15) is 9.59 Å². The van der Waals surface area contributed by atoms with E-state index in [1.165, 1.54) is 12.4 Å². The Bertz CT molecular complexity index is 1030. The predicted octanol–water partition coefficient (Wildman–Crippen LogP) is 2.45. The van der Waals surface area contributed by atoms with Gasteiger partial charge in [-0.05, 0) is 36.8 Å². The van der Waals surface area contributed by atoms with E-state index in [1.807, 2.05) is 4.90 Å². The van der Waals surface area contributed by atoms with Crippen LogP contribution in [0.5, 0.6) is 0 Å². The fourth-order valence-electron chi connectivity index (χ4n) is 3.09. The number of carbonyl (C=O) groups excluding carboxylic acids is 1. The average molecular weight is 382 g/mol. The van der Waals surface area contributed by atoms with E-state index < -0.39 is 0 Å². The summed E-state index contributed by atoms with van der Waals surface area (Å²) in [5.74, 6) is 0.437. The van der Waals surface area contributed by atoms with Gasteiger partial charge >= 0.3 is 0 Å². The summed E-state index contributed by atoms with van der Waals surface area (Å²) < 4.78 is 1.60. The number of halogens is 1. The van der Waals surface area contributed by atoms with Crippen molar-refractivity contribution in [2.24, 2.45) is 0 Å². The van der Waals surface area contributed by atoms with Gasteiger partial charge < -0.3 is 4.90 Å². The minimum absolute atomic E-state index is 0.0539. The highest BCUT2D eigenvalue weighted by Gasteiger charge is 2.23. The van der Waals surface area contributed by atoms with E-state index in [1.54, 1.807) is 41.1 Å². The summed E-state index contributed by atoms with van der Waals surface area (Å²) in [7, 11) is 0. The molecule has 7 nitrogen and oxygen atoms in total. The molecule has 4 rings (SSSR count). The molecule has 0 atom stereocenters. The van der Waals surface area contributed by atoms with Gasteiger partial charge in [-0.15, -0.1) is 0 Å². The number of ketones is 1. The first kappa shape index (κ1) is 17.4. The molecule has 1 aliphatic heterocycles. The summed E-state index contributed by atoms with van der Waals surface area (Å²) >= 11 is 5.89. The molecule has 0 radical (unpaired) electrons. The smallest absolute Gasteiger partial charge is 0.255 e. The Morgan fingerprint density at radius 3 is 2.67 bits per heavy atom. The first-order valence-corrected chi connectivity index (χ1v) is 8.91. The van der Waals surface area contributed by atoms with Crippen LogP contribution >= 0.6 is 11.6 Å². The molecule has 0 saturated carbocycles. The molecular weight excluding hydrogens is 366 g/mol. The van der Waals surface area contributed by atoms with Crippen molar-refractivity contribution in [3.05, 3.63) is 69.9 Å². The van der Waals surface area contributed by atoms with Gasteiger partial charge in [0.15, 0.2) is 5.78 Å². The number of aromatic nitrogens is 4. The van der Waals surface area contributed by atoms with Crippen LogP contribution in [-0.4, -0.2) is 38.4 Å². The number of rotatable bonds is 4. The molecule has 1 aromatic carbocycles. The summed E-state index contributed by atoms with van der Waals surface area (Å²) in [5, 5.41) is 0.581. The number of hydrogen-bond acceptors (Lipinski definition) is 6. The van der Waals surface area contributed by atoms with E-state index in [0.29, 0.717) is 41.0 Å². The van der Waals surface area contributed by atoms with Gasteiger partial charge in [-0.3, -0.25) is 14.2 Å². The van der Waals surface area contributed by atoms with Gasteiger partial charge in [0.2, 0.25) is 5.95 Å². The maximum Gasteiger partial charge on any atom is 0.255 e. The van der Waals surface area contributed by atoms with Gasteiger partial charge in [-0.2, -0.15) is 0 Å². The average Bonchev–Trinajstić information content (AvgIpc) is 2.69. The molecule has 0 saturated heterocycles. The number of hydrogen-bond donors (Lipinski definition) is 0. The summed E-state index contributed by atoms with van der Waals surface area (Å²) in [4.78, 5) is 39.7. The van der Waals surface area contributed by atoms with Crippen molar-refractivity contribution in [3.8, 4) is 11.4 Å². The molecule has 8 heteroatoms. The lowest BCUT2D eigenvalue weighted by Crippen LogP contribution is -2.41. The van der Waals surface area contributed by atoms with E-state index in [2.05, 4.69) is 15.0 Å². The lowest BCUT2D eigenvalue weighted by molar-refractivity contribution is 0.0997. The van der Waals surface area contributed by atoms with Crippen LogP contribution in [-0.2, 0) is 6.54 Å². The van der Waals surface area contributed by atoms with Crippen LogP contribution in [0.3, 0.4) is 0 Å². The fraction of sp³-hybridized carbons (Fsp3) is 0.211. The molecule has 0 spiro atoms. The van der Waals surface area contributed by atoms with Crippen molar-refractivity contribution < 1.29 is 4.79 Å². The van der Waals surface area contributed by atoms with Gasteiger partial charge in [0.25, 0.3) is 5.56 Å². The monoisotopic (exact) mass is 381 g/mol. The summed E-state index contributed by atoms with van der Waals surface area (Å²) in [6.07, 6.45) is 3.79. The van der Waals surface area contributed by atoms with Crippen molar-refractivity contribution >= 4 is 23.3 Å². The molecule has 3 heterocycles. The SMILES string of the molecule is O=C(CN1CCCn2c1nc(-c1ccncn1)cc2=O)c1ccc(Cl)cc1. The Balaban J connectivity index is 1.67. The predicted molar refractivity (Wildman–Crippen MR) is 102 cm³/mol. The zero-order valence-electron chi connectivity index (χ0n) is 14.4. The van der Waals surface area contributed by atoms with Gasteiger partial charge in [0.1, 0.15) is 6.33 Å². The molecule has 1 aliphatic rings. The highest BCUT2D eigenvalue weighted by atomic mass is 35.5. The second-order valence-electron chi connectivity index (χ2n) is 6.23. The van der Waals surface area contributed by atoms with E-state index >= 15 is 0 Å². The zero-order chi connectivity index (χ0) is 18.8. The third kappa shape index (κ3) is 3.59. The molecule has 0 bridgehead atoms. The van der Waals surface area contributed by atoms with Crippen LogP contribution in [0.25, 0.3) is 11.4 Å². The Hall–Kier alpha value is -3.06. The third-order valence-corrected chi connectivity index (χ3v) is 4.68. The minimum atomic E-state index is -0.155. The molecular formula is C19H16ClN5O2. The lowest BCUT2D eigenvalue weighted by Gasteiger charge is -2.30. The van der Waals surface area contributed by atoms with Gasteiger partial charge in [-0.25, -0.2) is 15.0 Å². The van der Waals surface area contributed by atoms with Crippen LogP contribution in [0.2, 0.25) is 5.02 Å². The first-order valence-electron chi connectivity index (χ1n) is 8.54. The van der Waals surface area contributed by atoms with Crippen LogP contribution in [0.4, 0.5) is 5.95 Å². The number of anilines is 1. The number of benzene rings is 1. The molecule has 27 heavy (non-hydrogen) atoms. The molecule has 0 fully saturated rings. The highest BCUT2D eigenvalue weighted by Crippen LogP contribution is 2.21. The molecule has 0 unspecified atom stereocenters. The number of Topliss-reactive ketones (excluding diaryl/α,β-unsaturated/α-hetero) is 1. The Morgan fingerprint density at radius 1 is 1.11 bits per heavy atom. The lowest BCUT2D eigenvalue weighted by atomic mass is 10.1. The van der Waals surface area contributed by atoms with Crippen molar-refractivity contribution in [3.63, 3.8) is 0 Å². The van der Waals surface area contributed by atoms with Gasteiger partial charge in [0.05, 0.1) is 17.9 Å². The van der Waals surface area contributed by atoms with E-state index in [4.69, 9.17) is 11.6 Å². The van der Waals surface area contributed by atoms with Gasteiger partial charge in [-0.1, -0.05) is 11.6 Å². The second-order valence-corrected chi connectivity index (χ2v) is 6.67. The summed E-state index contributed by atoms with van der Waals surface area (Å²) in [5.41, 5.74) is 1.46. The number of carbonyl (C=O) groups is 1. The van der Waals surface area contributed by atoms with Crippen molar-refractivity contribution in [1.82, 2.24) is 19.5 Å². The second kappa shape index (κ2) is 7.28. The molecule has 0 aliphatic carbocycles. The minimum Gasteiger partial charge on any atom is -0.334 e. The van der Waals surface area contributed by atoms with Crippen molar-refractivity contribution in [1.29, 1.82) is 0 Å². The molecule has 136 valence electrons. The Morgan fingerprint density at radius 2 is 1.93 bits per heavy atom. The van der Waals surface area contributed by atoms with Crippen molar-refractivity contribution in [2.45, 2.75) is 13.0 Å². The normalized spacial score (nSPS) is 13.3. The van der Waals surface area contributed by atoms with Crippen molar-refractivity contribution in [2.75, 3.05) is 18.0 Å². The standard InChI is InChI=1S/C19H16ClN5O2/c20-14-4-2-13(3-5-14)17(26)11-24-8-1-9-25-18(27)10-16(23-19(24)25)15-6-7-21-12-22-15/h2-7,10,12H,1,8-9,11H2. The van der Waals surface area contributed by atoms with Crippen LogP contribution < -0.4 is 10.5 Å². The Labute approximate surface area is 160 Å². The van der Waals surface area contributed by atoms with E-state index in [0.717, 1.165) is 6.42 Å². The maximum atomic E-state index is 12.7.